The van der Waals surface area contributed by atoms with Gasteiger partial charge in [-0.25, -0.2) is 4.98 Å². The standard InChI is InChI=1S/C18H22N2.ClH/c1-3-15-4-2-6-17-12-14(11-16(5-1)18(15)17)7-9-20-10-8-19-13-20;/h1,3,5,8,10,13-14,17H,2,4,6-7,9,11-12H2;1H/t14-,17+;/m0./s1. The quantitative estimate of drug-likeness (QED) is 0.823. The molecule has 2 nitrogen and oxygen atoms in total. The predicted octanol–water partition coefficient (Wildman–Crippen LogP) is 4.38. The van der Waals surface area contributed by atoms with Gasteiger partial charge in [-0.15, -0.1) is 12.4 Å². The normalized spacial score (nSPS) is 23.2. The van der Waals surface area contributed by atoms with Crippen molar-refractivity contribution in [1.29, 1.82) is 0 Å². The van der Waals surface area contributed by atoms with Crippen LogP contribution in [0.1, 0.15) is 48.3 Å². The summed E-state index contributed by atoms with van der Waals surface area (Å²) < 4.78 is 2.22. The molecular formula is C18H23ClN2. The van der Waals surface area contributed by atoms with Gasteiger partial charge in [0.05, 0.1) is 6.33 Å². The lowest BCUT2D eigenvalue weighted by Crippen LogP contribution is -2.24. The molecule has 0 saturated carbocycles. The number of halogens is 1. The first-order valence-electron chi connectivity index (χ1n) is 7.96. The van der Waals surface area contributed by atoms with Gasteiger partial charge in [0.1, 0.15) is 0 Å². The van der Waals surface area contributed by atoms with Crippen molar-refractivity contribution in [2.75, 3.05) is 0 Å². The third-order valence-electron chi connectivity index (χ3n) is 5.17. The van der Waals surface area contributed by atoms with E-state index in [2.05, 4.69) is 33.9 Å². The summed E-state index contributed by atoms with van der Waals surface area (Å²) in [5.74, 6) is 1.69. The van der Waals surface area contributed by atoms with Crippen LogP contribution in [0.4, 0.5) is 0 Å². The summed E-state index contributed by atoms with van der Waals surface area (Å²) in [4.78, 5) is 4.14. The number of benzene rings is 1. The molecule has 0 saturated heterocycles. The van der Waals surface area contributed by atoms with Gasteiger partial charge in [0.15, 0.2) is 0 Å². The van der Waals surface area contributed by atoms with Gasteiger partial charge in [0.2, 0.25) is 0 Å². The molecule has 2 aromatic rings. The highest BCUT2D eigenvalue weighted by Crippen LogP contribution is 2.43. The monoisotopic (exact) mass is 302 g/mol. The maximum atomic E-state index is 4.14. The van der Waals surface area contributed by atoms with Gasteiger partial charge in [0.25, 0.3) is 0 Å². The number of imidazole rings is 1. The molecule has 2 aliphatic rings. The van der Waals surface area contributed by atoms with E-state index in [0.29, 0.717) is 0 Å². The molecule has 4 rings (SSSR count). The van der Waals surface area contributed by atoms with E-state index < -0.39 is 0 Å². The predicted molar refractivity (Wildman–Crippen MR) is 88.0 cm³/mol. The third kappa shape index (κ3) is 2.87. The summed E-state index contributed by atoms with van der Waals surface area (Å²) in [6.07, 6.45) is 14.0. The molecule has 1 aromatic heterocycles. The Labute approximate surface area is 133 Å². The summed E-state index contributed by atoms with van der Waals surface area (Å²) >= 11 is 0. The Hall–Kier alpha value is -1.28. The van der Waals surface area contributed by atoms with Gasteiger partial charge in [-0.1, -0.05) is 18.2 Å². The Kier molecular flexibility index (Phi) is 4.34. The van der Waals surface area contributed by atoms with E-state index in [0.717, 1.165) is 18.4 Å². The smallest absolute Gasteiger partial charge is 0.0945 e. The van der Waals surface area contributed by atoms with Crippen LogP contribution < -0.4 is 0 Å². The van der Waals surface area contributed by atoms with E-state index in [1.807, 2.05) is 12.5 Å². The molecule has 3 heteroatoms. The van der Waals surface area contributed by atoms with Crippen LogP contribution in [0.25, 0.3) is 0 Å². The highest BCUT2D eigenvalue weighted by molar-refractivity contribution is 5.85. The second kappa shape index (κ2) is 6.23. The molecule has 0 N–H and O–H groups in total. The first kappa shape index (κ1) is 14.6. The molecule has 0 aliphatic heterocycles. The number of aromatic nitrogens is 2. The molecule has 2 aliphatic carbocycles. The van der Waals surface area contributed by atoms with Crippen molar-refractivity contribution in [2.24, 2.45) is 5.92 Å². The molecule has 0 fully saturated rings. The summed E-state index contributed by atoms with van der Waals surface area (Å²) in [6.45, 7) is 1.12. The Balaban J connectivity index is 0.00000132. The lowest BCUT2D eigenvalue weighted by Gasteiger charge is -2.36. The molecular weight excluding hydrogens is 280 g/mol. The van der Waals surface area contributed by atoms with Crippen LogP contribution in [0.5, 0.6) is 0 Å². The second-order valence-corrected chi connectivity index (χ2v) is 6.47. The van der Waals surface area contributed by atoms with Crippen molar-refractivity contribution < 1.29 is 0 Å². The number of nitrogens with zero attached hydrogens (tertiary/aromatic N) is 2. The first-order valence-corrected chi connectivity index (χ1v) is 7.96. The van der Waals surface area contributed by atoms with Crippen molar-refractivity contribution >= 4 is 12.4 Å². The fourth-order valence-corrected chi connectivity index (χ4v) is 4.27. The van der Waals surface area contributed by atoms with Crippen molar-refractivity contribution in [3.63, 3.8) is 0 Å². The van der Waals surface area contributed by atoms with E-state index in [9.17, 15) is 0 Å². The molecule has 2 atom stereocenters. The zero-order valence-corrected chi connectivity index (χ0v) is 13.2. The summed E-state index contributed by atoms with van der Waals surface area (Å²) in [5, 5.41) is 0. The summed E-state index contributed by atoms with van der Waals surface area (Å²) in [6, 6.07) is 7.01. The SMILES string of the molecule is Cl.c1cc2c3c(c1)C[C@H](CCn1ccnc1)C[C@H]3CCC2. The van der Waals surface area contributed by atoms with Crippen LogP contribution in [-0.4, -0.2) is 9.55 Å². The van der Waals surface area contributed by atoms with E-state index in [4.69, 9.17) is 0 Å². The maximum Gasteiger partial charge on any atom is 0.0945 e. The first-order chi connectivity index (χ1) is 9.90. The van der Waals surface area contributed by atoms with Crippen LogP contribution >= 0.6 is 12.4 Å². The fraction of sp³-hybridized carbons (Fsp3) is 0.500. The number of rotatable bonds is 3. The Morgan fingerprint density at radius 1 is 1.24 bits per heavy atom. The number of aryl methyl sites for hydroxylation is 2. The molecule has 0 radical (unpaired) electrons. The van der Waals surface area contributed by atoms with Crippen molar-refractivity contribution in [1.82, 2.24) is 9.55 Å². The molecule has 21 heavy (non-hydrogen) atoms. The number of hydrogen-bond acceptors (Lipinski definition) is 1. The molecule has 1 heterocycles. The molecule has 0 bridgehead atoms. The highest BCUT2D eigenvalue weighted by atomic mass is 35.5. The lowest BCUT2D eigenvalue weighted by molar-refractivity contribution is 0.338. The molecule has 0 spiro atoms. The fourth-order valence-electron chi connectivity index (χ4n) is 4.27. The maximum absolute atomic E-state index is 4.14. The average Bonchev–Trinajstić information content (AvgIpc) is 2.99. The van der Waals surface area contributed by atoms with Crippen LogP contribution in [0, 0.1) is 5.92 Å². The van der Waals surface area contributed by atoms with Crippen molar-refractivity contribution in [3.8, 4) is 0 Å². The van der Waals surface area contributed by atoms with E-state index in [-0.39, 0.29) is 12.4 Å². The van der Waals surface area contributed by atoms with Gasteiger partial charge in [-0.05, 0) is 67.1 Å². The summed E-state index contributed by atoms with van der Waals surface area (Å²) in [7, 11) is 0. The molecule has 0 unspecified atom stereocenters. The Morgan fingerprint density at radius 3 is 3.00 bits per heavy atom. The largest absolute Gasteiger partial charge is 0.337 e. The van der Waals surface area contributed by atoms with E-state index >= 15 is 0 Å². The average molecular weight is 303 g/mol. The van der Waals surface area contributed by atoms with Crippen molar-refractivity contribution in [3.05, 3.63) is 53.6 Å². The third-order valence-corrected chi connectivity index (χ3v) is 5.17. The highest BCUT2D eigenvalue weighted by Gasteiger charge is 2.30. The van der Waals surface area contributed by atoms with Gasteiger partial charge in [-0.2, -0.15) is 0 Å². The molecule has 112 valence electrons. The van der Waals surface area contributed by atoms with Gasteiger partial charge >= 0.3 is 0 Å². The minimum atomic E-state index is 0. The van der Waals surface area contributed by atoms with E-state index in [1.54, 1.807) is 16.7 Å². The van der Waals surface area contributed by atoms with E-state index in [1.165, 1.54) is 38.5 Å². The van der Waals surface area contributed by atoms with Crippen LogP contribution in [0.15, 0.2) is 36.9 Å². The van der Waals surface area contributed by atoms with Crippen LogP contribution in [0.2, 0.25) is 0 Å². The minimum Gasteiger partial charge on any atom is -0.337 e. The van der Waals surface area contributed by atoms with Gasteiger partial charge < -0.3 is 4.57 Å². The minimum absolute atomic E-state index is 0. The zero-order valence-electron chi connectivity index (χ0n) is 12.4. The van der Waals surface area contributed by atoms with Gasteiger partial charge in [0, 0.05) is 18.9 Å². The van der Waals surface area contributed by atoms with Crippen LogP contribution in [-0.2, 0) is 19.4 Å². The molecule has 1 aromatic carbocycles. The van der Waals surface area contributed by atoms with Crippen LogP contribution in [0.3, 0.4) is 0 Å². The second-order valence-electron chi connectivity index (χ2n) is 6.47. The Bertz CT molecular complexity index is 591. The zero-order chi connectivity index (χ0) is 13.4. The van der Waals surface area contributed by atoms with Crippen molar-refractivity contribution in [2.45, 2.75) is 51.0 Å². The molecule has 0 amide bonds. The van der Waals surface area contributed by atoms with Gasteiger partial charge in [-0.3, -0.25) is 0 Å². The topological polar surface area (TPSA) is 17.8 Å². The Morgan fingerprint density at radius 2 is 2.14 bits per heavy atom. The summed E-state index contributed by atoms with van der Waals surface area (Å²) in [5.41, 5.74) is 5.03. The number of hydrogen-bond donors (Lipinski definition) is 0. The lowest BCUT2D eigenvalue weighted by atomic mass is 9.69.